The molecule has 1 aliphatic carbocycles. The van der Waals surface area contributed by atoms with E-state index in [0.29, 0.717) is 11.5 Å². The molecule has 0 unspecified atom stereocenters. The molecule has 0 aromatic heterocycles. The van der Waals surface area contributed by atoms with Gasteiger partial charge < -0.3 is 14.7 Å². The fourth-order valence-electron chi connectivity index (χ4n) is 2.57. The normalized spacial score (nSPS) is 21.6. The molecule has 110 valence electrons. The molecule has 1 fully saturated rings. The van der Waals surface area contributed by atoms with Crippen molar-refractivity contribution in [3.8, 4) is 0 Å². The van der Waals surface area contributed by atoms with E-state index < -0.39 is 0 Å². The number of benzene rings is 1. The van der Waals surface area contributed by atoms with E-state index in [1.165, 1.54) is 7.11 Å². The first-order valence-corrected chi connectivity index (χ1v) is 7.52. The lowest BCUT2D eigenvalue weighted by Crippen LogP contribution is -2.36. The van der Waals surface area contributed by atoms with Crippen LogP contribution in [0.3, 0.4) is 0 Å². The number of hydrogen-bond donors (Lipinski definition) is 1. The summed E-state index contributed by atoms with van der Waals surface area (Å²) >= 11 is 3.51. The van der Waals surface area contributed by atoms with Crippen LogP contribution in [0.25, 0.3) is 0 Å². The summed E-state index contributed by atoms with van der Waals surface area (Å²) < 4.78 is 5.62. The zero-order chi connectivity index (χ0) is 14.7. The Morgan fingerprint density at radius 1 is 1.50 bits per heavy atom. The fraction of sp³-hybridized carbons (Fsp3) is 0.533. The molecule has 0 aliphatic heterocycles. The Morgan fingerprint density at radius 3 is 2.75 bits per heavy atom. The lowest BCUT2D eigenvalue weighted by atomic mass is 9.82. The van der Waals surface area contributed by atoms with Gasteiger partial charge in [0.25, 0.3) is 0 Å². The van der Waals surface area contributed by atoms with Gasteiger partial charge in [-0.25, -0.2) is 4.79 Å². The molecule has 20 heavy (non-hydrogen) atoms. The number of aliphatic hydroxyl groups is 1. The third kappa shape index (κ3) is 3.81. The highest BCUT2D eigenvalue weighted by Crippen LogP contribution is 2.28. The second-order valence-electron chi connectivity index (χ2n) is 5.49. The Bertz CT molecular complexity index is 486. The van der Waals surface area contributed by atoms with Crippen LogP contribution in [0.2, 0.25) is 0 Å². The minimum absolute atomic E-state index is 0.0977. The lowest BCUT2D eigenvalue weighted by molar-refractivity contribution is 0.0273. The van der Waals surface area contributed by atoms with Crippen LogP contribution in [0.15, 0.2) is 22.7 Å². The Morgan fingerprint density at radius 2 is 2.20 bits per heavy atom. The third-order valence-electron chi connectivity index (χ3n) is 3.70. The SMILES string of the molecule is COC(=O)c1ccc(CN(C)CC2CC(O)C2)c(Br)c1. The van der Waals surface area contributed by atoms with E-state index in [0.717, 1.165) is 36.0 Å². The van der Waals surface area contributed by atoms with Crippen LogP contribution in [-0.4, -0.2) is 42.8 Å². The molecule has 0 amide bonds. The van der Waals surface area contributed by atoms with E-state index in [-0.39, 0.29) is 12.1 Å². The number of carbonyl (C=O) groups excluding carboxylic acids is 1. The van der Waals surface area contributed by atoms with Crippen molar-refractivity contribution >= 4 is 21.9 Å². The van der Waals surface area contributed by atoms with E-state index in [9.17, 15) is 9.90 Å². The van der Waals surface area contributed by atoms with Crippen molar-refractivity contribution in [1.29, 1.82) is 0 Å². The van der Waals surface area contributed by atoms with Gasteiger partial charge in [-0.2, -0.15) is 0 Å². The van der Waals surface area contributed by atoms with E-state index in [2.05, 4.69) is 27.9 Å². The zero-order valence-corrected chi connectivity index (χ0v) is 13.4. The number of carbonyl (C=O) groups is 1. The molecule has 1 saturated carbocycles. The number of aliphatic hydroxyl groups excluding tert-OH is 1. The molecule has 0 spiro atoms. The zero-order valence-electron chi connectivity index (χ0n) is 11.8. The average Bonchev–Trinajstić information content (AvgIpc) is 2.38. The van der Waals surface area contributed by atoms with Gasteiger partial charge in [0.15, 0.2) is 0 Å². The first kappa shape index (κ1) is 15.5. The van der Waals surface area contributed by atoms with Gasteiger partial charge in [-0.3, -0.25) is 0 Å². The van der Waals surface area contributed by atoms with Crippen LogP contribution < -0.4 is 0 Å². The molecule has 1 aromatic rings. The van der Waals surface area contributed by atoms with Crippen molar-refractivity contribution < 1.29 is 14.6 Å². The summed E-state index contributed by atoms with van der Waals surface area (Å²) in [6, 6.07) is 5.53. The van der Waals surface area contributed by atoms with Crippen molar-refractivity contribution in [2.75, 3.05) is 20.7 Å². The topological polar surface area (TPSA) is 49.8 Å². The molecule has 0 saturated heterocycles. The lowest BCUT2D eigenvalue weighted by Gasteiger charge is -2.34. The molecule has 2 rings (SSSR count). The van der Waals surface area contributed by atoms with Crippen molar-refractivity contribution in [2.45, 2.75) is 25.5 Å². The number of hydrogen-bond acceptors (Lipinski definition) is 4. The van der Waals surface area contributed by atoms with E-state index in [1.54, 1.807) is 12.1 Å². The molecule has 0 atom stereocenters. The van der Waals surface area contributed by atoms with Gasteiger partial charge in [-0.1, -0.05) is 22.0 Å². The van der Waals surface area contributed by atoms with Gasteiger partial charge in [0.05, 0.1) is 18.8 Å². The molecule has 0 bridgehead atoms. The van der Waals surface area contributed by atoms with Crippen molar-refractivity contribution in [3.05, 3.63) is 33.8 Å². The van der Waals surface area contributed by atoms with Crippen molar-refractivity contribution in [2.24, 2.45) is 5.92 Å². The highest BCUT2D eigenvalue weighted by molar-refractivity contribution is 9.10. The molecule has 1 N–H and O–H groups in total. The minimum atomic E-state index is -0.325. The van der Waals surface area contributed by atoms with Crippen molar-refractivity contribution in [3.63, 3.8) is 0 Å². The van der Waals surface area contributed by atoms with Crippen LogP contribution in [0, 0.1) is 5.92 Å². The monoisotopic (exact) mass is 341 g/mol. The maximum absolute atomic E-state index is 11.4. The smallest absolute Gasteiger partial charge is 0.337 e. The predicted octanol–water partition coefficient (Wildman–Crippen LogP) is 2.44. The molecule has 0 radical (unpaired) electrons. The van der Waals surface area contributed by atoms with Crippen LogP contribution in [0.5, 0.6) is 0 Å². The van der Waals surface area contributed by atoms with Crippen LogP contribution >= 0.6 is 15.9 Å². The summed E-state index contributed by atoms with van der Waals surface area (Å²) in [7, 11) is 3.45. The number of nitrogens with zero attached hydrogens (tertiary/aromatic N) is 1. The molecular formula is C15H20BrNO3. The maximum atomic E-state index is 11.4. The minimum Gasteiger partial charge on any atom is -0.465 e. The Kier molecular flexibility index (Phi) is 5.18. The molecule has 1 aliphatic rings. The highest BCUT2D eigenvalue weighted by Gasteiger charge is 2.27. The Balaban J connectivity index is 1.93. The van der Waals surface area contributed by atoms with Crippen LogP contribution in [-0.2, 0) is 11.3 Å². The van der Waals surface area contributed by atoms with Gasteiger partial charge in [0.1, 0.15) is 0 Å². The molecule has 4 nitrogen and oxygen atoms in total. The maximum Gasteiger partial charge on any atom is 0.337 e. The molecule has 5 heteroatoms. The van der Waals surface area contributed by atoms with E-state index >= 15 is 0 Å². The summed E-state index contributed by atoms with van der Waals surface area (Å²) in [6.07, 6.45) is 1.72. The van der Waals surface area contributed by atoms with E-state index in [4.69, 9.17) is 4.74 Å². The molecular weight excluding hydrogens is 322 g/mol. The summed E-state index contributed by atoms with van der Waals surface area (Å²) in [6.45, 7) is 1.80. The predicted molar refractivity (Wildman–Crippen MR) is 80.5 cm³/mol. The summed E-state index contributed by atoms with van der Waals surface area (Å²) in [5, 5.41) is 9.30. The van der Waals surface area contributed by atoms with Gasteiger partial charge in [0.2, 0.25) is 0 Å². The second-order valence-corrected chi connectivity index (χ2v) is 6.34. The Labute approximate surface area is 127 Å². The quantitative estimate of drug-likeness (QED) is 0.835. The number of methoxy groups -OCH3 is 1. The first-order chi connectivity index (χ1) is 9.49. The average molecular weight is 342 g/mol. The van der Waals surface area contributed by atoms with Crippen LogP contribution in [0.4, 0.5) is 0 Å². The number of halogens is 1. The molecule has 0 heterocycles. The van der Waals surface area contributed by atoms with Gasteiger partial charge in [-0.05, 0) is 43.5 Å². The Hall–Kier alpha value is -0.910. The summed E-state index contributed by atoms with van der Waals surface area (Å²) in [4.78, 5) is 13.7. The third-order valence-corrected chi connectivity index (χ3v) is 4.43. The largest absolute Gasteiger partial charge is 0.465 e. The second kappa shape index (κ2) is 6.70. The molecule has 1 aromatic carbocycles. The fourth-order valence-corrected chi connectivity index (χ4v) is 3.07. The number of rotatable bonds is 5. The van der Waals surface area contributed by atoms with Gasteiger partial charge in [0, 0.05) is 17.6 Å². The van der Waals surface area contributed by atoms with E-state index in [1.807, 2.05) is 6.07 Å². The standard InChI is InChI=1S/C15H20BrNO3/c1-17(8-10-5-13(18)6-10)9-12-4-3-11(7-14(12)16)15(19)20-2/h3-4,7,10,13,18H,5-6,8-9H2,1-2H3. The number of ether oxygens (including phenoxy) is 1. The number of esters is 1. The van der Waals surface area contributed by atoms with Gasteiger partial charge >= 0.3 is 5.97 Å². The summed E-state index contributed by atoms with van der Waals surface area (Å²) in [5.74, 6) is 0.275. The summed E-state index contributed by atoms with van der Waals surface area (Å²) in [5.41, 5.74) is 1.69. The van der Waals surface area contributed by atoms with Gasteiger partial charge in [-0.15, -0.1) is 0 Å². The first-order valence-electron chi connectivity index (χ1n) is 6.73. The highest BCUT2D eigenvalue weighted by atomic mass is 79.9. The van der Waals surface area contributed by atoms with Crippen molar-refractivity contribution in [1.82, 2.24) is 4.90 Å². The van der Waals surface area contributed by atoms with Crippen LogP contribution in [0.1, 0.15) is 28.8 Å².